The Morgan fingerprint density at radius 3 is 3.00 bits per heavy atom. The smallest absolute Gasteiger partial charge is 0.308 e. The fourth-order valence-electron chi connectivity index (χ4n) is 2.02. The summed E-state index contributed by atoms with van der Waals surface area (Å²) in [5, 5.41) is 1.15. The first-order valence-electron chi connectivity index (χ1n) is 6.04. The predicted octanol–water partition coefficient (Wildman–Crippen LogP) is 3.67. The third-order valence-electron chi connectivity index (χ3n) is 2.94. The van der Waals surface area contributed by atoms with Crippen molar-refractivity contribution in [2.45, 2.75) is 20.3 Å². The summed E-state index contributed by atoms with van der Waals surface area (Å²) in [6.07, 6.45) is 2.65. The van der Waals surface area contributed by atoms with Gasteiger partial charge in [-0.15, -0.1) is 0 Å². The van der Waals surface area contributed by atoms with Gasteiger partial charge in [0.25, 0.3) is 0 Å². The second-order valence-electron chi connectivity index (χ2n) is 4.36. The Bertz CT molecular complexity index is 562. The van der Waals surface area contributed by atoms with Crippen molar-refractivity contribution in [2.24, 2.45) is 5.92 Å². The number of rotatable bonds is 4. The third-order valence-corrected chi connectivity index (χ3v) is 3.44. The van der Waals surface area contributed by atoms with E-state index >= 15 is 0 Å². The number of H-pyrrole nitrogens is 1. The van der Waals surface area contributed by atoms with Crippen LogP contribution in [-0.2, 0) is 16.0 Å². The lowest BCUT2D eigenvalue weighted by Crippen LogP contribution is -2.16. The van der Waals surface area contributed by atoms with E-state index in [1.807, 2.05) is 32.2 Å². The lowest BCUT2D eigenvalue weighted by atomic mass is 10.0. The lowest BCUT2D eigenvalue weighted by molar-refractivity contribution is -0.147. The molecule has 2 rings (SSSR count). The van der Waals surface area contributed by atoms with E-state index in [1.165, 1.54) is 0 Å². The standard InChI is InChI=1S/C14H16BrNO2/c1-3-18-14(17)9(2)6-10-8-16-13-5-4-11(15)7-12(10)13/h4-5,7-9,16H,3,6H2,1-2H3. The molecule has 0 aliphatic heterocycles. The second kappa shape index (κ2) is 5.57. The number of benzene rings is 1. The molecule has 1 aromatic carbocycles. The van der Waals surface area contributed by atoms with Gasteiger partial charge in [-0.2, -0.15) is 0 Å². The zero-order valence-corrected chi connectivity index (χ0v) is 12.1. The van der Waals surface area contributed by atoms with Gasteiger partial charge in [0.1, 0.15) is 0 Å². The van der Waals surface area contributed by atoms with Crippen LogP contribution >= 0.6 is 15.9 Å². The molecule has 0 radical (unpaired) electrons. The maximum absolute atomic E-state index is 11.6. The molecule has 0 fully saturated rings. The van der Waals surface area contributed by atoms with Crippen LogP contribution in [0.3, 0.4) is 0 Å². The number of aromatic nitrogens is 1. The minimum absolute atomic E-state index is 0.122. The van der Waals surface area contributed by atoms with Crippen molar-refractivity contribution in [2.75, 3.05) is 6.61 Å². The molecule has 1 heterocycles. The monoisotopic (exact) mass is 309 g/mol. The summed E-state index contributed by atoms with van der Waals surface area (Å²) < 4.78 is 6.07. The minimum atomic E-state index is -0.137. The highest BCUT2D eigenvalue weighted by Gasteiger charge is 2.16. The number of halogens is 1. The highest BCUT2D eigenvalue weighted by Crippen LogP contribution is 2.24. The maximum atomic E-state index is 11.6. The average molecular weight is 310 g/mol. The Kier molecular flexibility index (Phi) is 4.07. The van der Waals surface area contributed by atoms with Crippen molar-refractivity contribution < 1.29 is 9.53 Å². The van der Waals surface area contributed by atoms with E-state index in [2.05, 4.69) is 27.0 Å². The van der Waals surface area contributed by atoms with Gasteiger partial charge < -0.3 is 9.72 Å². The van der Waals surface area contributed by atoms with Gasteiger partial charge in [0.05, 0.1) is 12.5 Å². The van der Waals surface area contributed by atoms with E-state index in [0.29, 0.717) is 13.0 Å². The molecule has 96 valence electrons. The summed E-state index contributed by atoms with van der Waals surface area (Å²) in [6.45, 7) is 4.16. The van der Waals surface area contributed by atoms with Crippen molar-refractivity contribution in [3.05, 3.63) is 34.4 Å². The lowest BCUT2D eigenvalue weighted by Gasteiger charge is -2.09. The molecule has 0 amide bonds. The zero-order valence-electron chi connectivity index (χ0n) is 10.5. The molecule has 0 saturated carbocycles. The van der Waals surface area contributed by atoms with Crippen LogP contribution in [0.5, 0.6) is 0 Å². The number of carbonyl (C=O) groups excluding carboxylic acids is 1. The number of aromatic amines is 1. The minimum Gasteiger partial charge on any atom is -0.466 e. The number of fused-ring (bicyclic) bond motifs is 1. The average Bonchev–Trinajstić information content (AvgIpc) is 2.72. The van der Waals surface area contributed by atoms with Gasteiger partial charge in [-0.05, 0) is 37.1 Å². The number of carbonyl (C=O) groups is 1. The molecule has 2 aromatic rings. The van der Waals surface area contributed by atoms with Gasteiger partial charge in [0.2, 0.25) is 0 Å². The number of esters is 1. The molecule has 1 unspecified atom stereocenters. The third kappa shape index (κ3) is 2.75. The van der Waals surface area contributed by atoms with Crippen molar-refractivity contribution in [1.82, 2.24) is 4.98 Å². The number of nitrogens with one attached hydrogen (secondary N) is 1. The summed E-state index contributed by atoms with van der Waals surface area (Å²) in [7, 11) is 0. The Balaban J connectivity index is 2.21. The van der Waals surface area contributed by atoms with Crippen LogP contribution < -0.4 is 0 Å². The van der Waals surface area contributed by atoms with Crippen LogP contribution in [0.4, 0.5) is 0 Å². The fraction of sp³-hybridized carbons (Fsp3) is 0.357. The number of hydrogen-bond acceptors (Lipinski definition) is 2. The van der Waals surface area contributed by atoms with Gasteiger partial charge in [0, 0.05) is 21.6 Å². The van der Waals surface area contributed by atoms with Crippen molar-refractivity contribution in [1.29, 1.82) is 0 Å². The van der Waals surface area contributed by atoms with E-state index < -0.39 is 0 Å². The predicted molar refractivity (Wildman–Crippen MR) is 75.5 cm³/mol. The van der Waals surface area contributed by atoms with E-state index in [4.69, 9.17) is 4.74 Å². The molecule has 0 spiro atoms. The summed E-state index contributed by atoms with van der Waals surface area (Å²) in [4.78, 5) is 14.8. The van der Waals surface area contributed by atoms with Gasteiger partial charge in [-0.3, -0.25) is 4.79 Å². The van der Waals surface area contributed by atoms with Gasteiger partial charge in [-0.25, -0.2) is 0 Å². The number of ether oxygens (including phenoxy) is 1. The molecule has 1 N–H and O–H groups in total. The first-order valence-corrected chi connectivity index (χ1v) is 6.83. The highest BCUT2D eigenvalue weighted by atomic mass is 79.9. The Hall–Kier alpha value is -1.29. The molecule has 0 bridgehead atoms. The molecule has 1 aromatic heterocycles. The normalized spacial score (nSPS) is 12.6. The Labute approximate surface area is 115 Å². The van der Waals surface area contributed by atoms with Crippen molar-refractivity contribution in [3.8, 4) is 0 Å². The fourth-order valence-corrected chi connectivity index (χ4v) is 2.38. The van der Waals surface area contributed by atoms with Crippen LogP contribution in [0.2, 0.25) is 0 Å². The number of hydrogen-bond donors (Lipinski definition) is 1. The van der Waals surface area contributed by atoms with E-state index in [0.717, 1.165) is 20.9 Å². The van der Waals surface area contributed by atoms with E-state index in [1.54, 1.807) is 0 Å². The highest BCUT2D eigenvalue weighted by molar-refractivity contribution is 9.10. The first-order chi connectivity index (χ1) is 8.61. The zero-order chi connectivity index (χ0) is 13.1. The molecular formula is C14H16BrNO2. The van der Waals surface area contributed by atoms with Gasteiger partial charge in [-0.1, -0.05) is 22.9 Å². The second-order valence-corrected chi connectivity index (χ2v) is 5.28. The van der Waals surface area contributed by atoms with Crippen LogP contribution in [-0.4, -0.2) is 17.6 Å². The SMILES string of the molecule is CCOC(=O)C(C)Cc1c[nH]c2ccc(Br)cc12. The summed E-state index contributed by atoms with van der Waals surface area (Å²) in [5.41, 5.74) is 2.23. The molecule has 0 saturated heterocycles. The van der Waals surface area contributed by atoms with Crippen molar-refractivity contribution >= 4 is 32.8 Å². The summed E-state index contributed by atoms with van der Waals surface area (Å²) in [5.74, 6) is -0.259. The van der Waals surface area contributed by atoms with Crippen molar-refractivity contribution in [3.63, 3.8) is 0 Å². The summed E-state index contributed by atoms with van der Waals surface area (Å²) in [6, 6.07) is 6.09. The van der Waals surface area contributed by atoms with Gasteiger partial charge in [0.15, 0.2) is 0 Å². The topological polar surface area (TPSA) is 42.1 Å². The molecule has 1 atom stereocenters. The maximum Gasteiger partial charge on any atom is 0.308 e. The quantitative estimate of drug-likeness (QED) is 0.876. The Morgan fingerprint density at radius 1 is 1.50 bits per heavy atom. The molecular weight excluding hydrogens is 294 g/mol. The largest absolute Gasteiger partial charge is 0.466 e. The first kappa shape index (κ1) is 13.1. The van der Waals surface area contributed by atoms with Gasteiger partial charge >= 0.3 is 5.97 Å². The molecule has 0 aliphatic carbocycles. The molecule has 18 heavy (non-hydrogen) atoms. The molecule has 0 aliphatic rings. The van der Waals surface area contributed by atoms with E-state index in [-0.39, 0.29) is 11.9 Å². The Morgan fingerprint density at radius 2 is 2.28 bits per heavy atom. The summed E-state index contributed by atoms with van der Waals surface area (Å²) >= 11 is 3.47. The molecule has 3 nitrogen and oxygen atoms in total. The van der Waals surface area contributed by atoms with Crippen LogP contribution in [0.1, 0.15) is 19.4 Å². The molecule has 4 heteroatoms. The van der Waals surface area contributed by atoms with Crippen LogP contribution in [0, 0.1) is 5.92 Å². The van der Waals surface area contributed by atoms with Crippen LogP contribution in [0.25, 0.3) is 10.9 Å². The van der Waals surface area contributed by atoms with E-state index in [9.17, 15) is 4.79 Å². The van der Waals surface area contributed by atoms with Crippen LogP contribution in [0.15, 0.2) is 28.9 Å².